The molecule has 1 aromatic heterocycles. The van der Waals surface area contributed by atoms with Gasteiger partial charge in [-0.15, -0.1) is 36.2 Å². The summed E-state index contributed by atoms with van der Waals surface area (Å²) < 4.78 is 0. The molecule has 1 aliphatic heterocycles. The van der Waals surface area contributed by atoms with E-state index in [1.807, 2.05) is 24.1 Å². The molecule has 22 heavy (non-hydrogen) atoms. The summed E-state index contributed by atoms with van der Waals surface area (Å²) in [6.07, 6.45) is 1.39. The van der Waals surface area contributed by atoms with Crippen LogP contribution in [0.5, 0.6) is 0 Å². The molecule has 1 fully saturated rings. The van der Waals surface area contributed by atoms with Gasteiger partial charge in [0.15, 0.2) is 0 Å². The van der Waals surface area contributed by atoms with Crippen LogP contribution in [0.4, 0.5) is 0 Å². The van der Waals surface area contributed by atoms with Gasteiger partial charge in [-0.1, -0.05) is 6.92 Å². The highest BCUT2D eigenvalue weighted by atomic mass is 35.5. The number of aromatic nitrogens is 1. The lowest BCUT2D eigenvalue weighted by Crippen LogP contribution is -2.47. The average Bonchev–Trinajstić information content (AvgIpc) is 2.87. The fourth-order valence-corrected chi connectivity index (χ4v) is 4.17. The third-order valence-electron chi connectivity index (χ3n) is 3.64. The van der Waals surface area contributed by atoms with Gasteiger partial charge in [0.2, 0.25) is 5.91 Å². The molecule has 1 amide bonds. The van der Waals surface area contributed by atoms with Gasteiger partial charge in [0.05, 0.1) is 5.54 Å². The molecule has 0 radical (unpaired) electrons. The molecule has 0 bridgehead atoms. The van der Waals surface area contributed by atoms with Crippen molar-refractivity contribution in [2.45, 2.75) is 45.2 Å². The Morgan fingerprint density at radius 2 is 2.27 bits per heavy atom. The SMILES string of the molecule is CCC(C)(NC(=O)CC1CSCCN1)c1nc(C)cs1.Cl.Cl. The Hall–Kier alpha value is -0.0100. The van der Waals surface area contributed by atoms with Gasteiger partial charge in [-0.2, -0.15) is 11.8 Å². The second-order valence-corrected chi connectivity index (χ2v) is 7.47. The minimum atomic E-state index is -0.349. The topological polar surface area (TPSA) is 54.0 Å². The number of amides is 1. The van der Waals surface area contributed by atoms with Crippen LogP contribution in [-0.4, -0.2) is 35.0 Å². The van der Waals surface area contributed by atoms with E-state index < -0.39 is 0 Å². The van der Waals surface area contributed by atoms with Crippen molar-refractivity contribution >= 4 is 53.8 Å². The largest absolute Gasteiger partial charge is 0.344 e. The Morgan fingerprint density at radius 1 is 1.55 bits per heavy atom. The molecule has 128 valence electrons. The molecule has 8 heteroatoms. The average molecular weight is 386 g/mol. The van der Waals surface area contributed by atoms with Gasteiger partial charge in [0.1, 0.15) is 5.01 Å². The van der Waals surface area contributed by atoms with E-state index in [2.05, 4.69) is 29.5 Å². The standard InChI is InChI=1S/C14H23N3OS2.2ClH/c1-4-14(3,13-16-10(2)8-20-13)17-12(18)7-11-9-19-6-5-15-11;;/h8,11,15H,4-7,9H2,1-3H3,(H,17,18);2*1H. The molecule has 0 aliphatic carbocycles. The van der Waals surface area contributed by atoms with E-state index in [-0.39, 0.29) is 36.3 Å². The highest BCUT2D eigenvalue weighted by molar-refractivity contribution is 7.99. The van der Waals surface area contributed by atoms with Crippen LogP contribution in [0.2, 0.25) is 0 Å². The quantitative estimate of drug-likeness (QED) is 0.817. The molecule has 1 saturated heterocycles. The maximum Gasteiger partial charge on any atom is 0.222 e. The van der Waals surface area contributed by atoms with E-state index in [0.29, 0.717) is 12.5 Å². The number of thioether (sulfide) groups is 1. The monoisotopic (exact) mass is 385 g/mol. The fraction of sp³-hybridized carbons (Fsp3) is 0.714. The molecular weight excluding hydrogens is 361 g/mol. The summed E-state index contributed by atoms with van der Waals surface area (Å²) in [7, 11) is 0. The van der Waals surface area contributed by atoms with E-state index in [1.54, 1.807) is 11.3 Å². The van der Waals surface area contributed by atoms with Crippen LogP contribution in [-0.2, 0) is 10.3 Å². The van der Waals surface area contributed by atoms with Crippen LogP contribution in [0.15, 0.2) is 5.38 Å². The third-order valence-corrected chi connectivity index (χ3v) is 6.00. The van der Waals surface area contributed by atoms with Gasteiger partial charge in [-0.05, 0) is 20.3 Å². The summed E-state index contributed by atoms with van der Waals surface area (Å²) in [5.41, 5.74) is 0.668. The highest BCUT2D eigenvalue weighted by Gasteiger charge is 2.30. The second kappa shape index (κ2) is 9.98. The number of halogens is 2. The van der Waals surface area contributed by atoms with Crippen LogP contribution >= 0.6 is 47.9 Å². The molecule has 2 N–H and O–H groups in total. The number of nitrogens with zero attached hydrogens (tertiary/aromatic N) is 1. The summed E-state index contributed by atoms with van der Waals surface area (Å²) in [4.78, 5) is 16.8. The fourth-order valence-electron chi connectivity index (χ4n) is 2.23. The maximum atomic E-state index is 12.3. The molecule has 1 aromatic rings. The first-order valence-corrected chi connectivity index (χ1v) is 9.11. The smallest absolute Gasteiger partial charge is 0.222 e. The van der Waals surface area contributed by atoms with Gasteiger partial charge in [-0.25, -0.2) is 4.98 Å². The summed E-state index contributed by atoms with van der Waals surface area (Å²) in [5.74, 6) is 2.28. The number of thiazole rings is 1. The Bertz CT molecular complexity index is 467. The number of carbonyl (C=O) groups excluding carboxylic acids is 1. The van der Waals surface area contributed by atoms with Crippen LogP contribution in [0, 0.1) is 6.92 Å². The van der Waals surface area contributed by atoms with E-state index in [0.717, 1.165) is 35.2 Å². The summed E-state index contributed by atoms with van der Waals surface area (Å²) >= 11 is 3.54. The highest BCUT2D eigenvalue weighted by Crippen LogP contribution is 2.27. The lowest BCUT2D eigenvalue weighted by Gasteiger charge is -2.29. The van der Waals surface area contributed by atoms with Gasteiger partial charge >= 0.3 is 0 Å². The Labute approximate surface area is 153 Å². The van der Waals surface area contributed by atoms with E-state index in [9.17, 15) is 4.79 Å². The zero-order chi connectivity index (χ0) is 14.6. The van der Waals surface area contributed by atoms with Crippen LogP contribution in [0.3, 0.4) is 0 Å². The predicted octanol–water partition coefficient (Wildman–Crippen LogP) is 3.13. The molecule has 2 rings (SSSR count). The van der Waals surface area contributed by atoms with Crippen molar-refractivity contribution in [1.29, 1.82) is 0 Å². The van der Waals surface area contributed by atoms with Gasteiger partial charge in [0, 0.05) is 41.6 Å². The van der Waals surface area contributed by atoms with Crippen molar-refractivity contribution in [2.75, 3.05) is 18.1 Å². The van der Waals surface area contributed by atoms with Crippen LogP contribution in [0.25, 0.3) is 0 Å². The summed E-state index contributed by atoms with van der Waals surface area (Å²) in [5, 5.41) is 9.62. The minimum Gasteiger partial charge on any atom is -0.344 e. The van der Waals surface area contributed by atoms with Crippen molar-refractivity contribution in [3.8, 4) is 0 Å². The molecule has 0 aromatic carbocycles. The van der Waals surface area contributed by atoms with Crippen molar-refractivity contribution in [1.82, 2.24) is 15.6 Å². The molecule has 2 heterocycles. The zero-order valence-corrected chi connectivity index (χ0v) is 16.4. The van der Waals surface area contributed by atoms with Crippen molar-refractivity contribution in [2.24, 2.45) is 0 Å². The normalized spacial score (nSPS) is 20.2. The molecule has 2 atom stereocenters. The lowest BCUT2D eigenvalue weighted by atomic mass is 9.99. The van der Waals surface area contributed by atoms with Gasteiger partial charge in [0.25, 0.3) is 0 Å². The molecule has 1 aliphatic rings. The van der Waals surface area contributed by atoms with Crippen molar-refractivity contribution < 1.29 is 4.79 Å². The van der Waals surface area contributed by atoms with Crippen LogP contribution < -0.4 is 10.6 Å². The minimum absolute atomic E-state index is 0. The van der Waals surface area contributed by atoms with E-state index >= 15 is 0 Å². The first-order valence-electron chi connectivity index (χ1n) is 7.08. The molecule has 0 spiro atoms. The first-order chi connectivity index (χ1) is 9.53. The summed E-state index contributed by atoms with van der Waals surface area (Å²) in [6, 6.07) is 0.299. The Balaban J connectivity index is 0.00000220. The molecule has 4 nitrogen and oxygen atoms in total. The zero-order valence-electron chi connectivity index (χ0n) is 13.2. The number of rotatable bonds is 5. The van der Waals surface area contributed by atoms with Gasteiger partial charge < -0.3 is 10.6 Å². The molecular formula is C14H25Cl2N3OS2. The van der Waals surface area contributed by atoms with E-state index in [4.69, 9.17) is 0 Å². The molecule has 2 unspecified atom stereocenters. The van der Waals surface area contributed by atoms with Gasteiger partial charge in [-0.3, -0.25) is 4.79 Å². The maximum absolute atomic E-state index is 12.3. The molecule has 0 saturated carbocycles. The number of hydrogen-bond acceptors (Lipinski definition) is 5. The second-order valence-electron chi connectivity index (χ2n) is 5.46. The van der Waals surface area contributed by atoms with Crippen LogP contribution in [0.1, 0.15) is 37.4 Å². The predicted molar refractivity (Wildman–Crippen MR) is 101 cm³/mol. The third kappa shape index (κ3) is 5.89. The number of hydrogen-bond donors (Lipinski definition) is 2. The Kier molecular flexibility index (Phi) is 9.98. The summed E-state index contributed by atoms with van der Waals surface area (Å²) in [6.45, 7) is 7.14. The van der Waals surface area contributed by atoms with Crippen molar-refractivity contribution in [3.05, 3.63) is 16.1 Å². The number of nitrogens with one attached hydrogen (secondary N) is 2. The lowest BCUT2D eigenvalue weighted by molar-refractivity contribution is -0.123. The number of aryl methyl sites for hydroxylation is 1. The first kappa shape index (κ1) is 22.0. The Morgan fingerprint density at radius 3 is 2.77 bits per heavy atom. The van der Waals surface area contributed by atoms with Crippen molar-refractivity contribution in [3.63, 3.8) is 0 Å². The van der Waals surface area contributed by atoms with E-state index in [1.165, 1.54) is 0 Å². The number of carbonyl (C=O) groups is 1.